The van der Waals surface area contributed by atoms with E-state index in [-0.39, 0.29) is 23.7 Å². The molecule has 3 heterocycles. The van der Waals surface area contributed by atoms with Crippen LogP contribution in [0.1, 0.15) is 58.9 Å². The van der Waals surface area contributed by atoms with Crippen LogP contribution < -0.4 is 14.2 Å². The first kappa shape index (κ1) is 26.4. The van der Waals surface area contributed by atoms with E-state index in [1.165, 1.54) is 11.1 Å². The molecule has 3 aliphatic heterocycles. The predicted octanol–water partition coefficient (Wildman–Crippen LogP) is 5.66. The lowest BCUT2D eigenvalue weighted by Gasteiger charge is -2.35. The summed E-state index contributed by atoms with van der Waals surface area (Å²) in [4.78, 5) is 18.1. The number of phenolic OH excluding ortho intramolecular Hbond substituents is 1. The number of phenols is 1. The fraction of sp³-hybridized carbons (Fsp3) is 0.364. The molecule has 3 aromatic rings. The predicted molar refractivity (Wildman–Crippen MR) is 154 cm³/mol. The number of fused-ring (bicyclic) bond motifs is 2. The van der Waals surface area contributed by atoms with Gasteiger partial charge in [0.1, 0.15) is 11.5 Å². The zero-order valence-corrected chi connectivity index (χ0v) is 23.6. The maximum atomic E-state index is 13.4. The number of allylic oxidation sites excluding steroid dienone is 1. The molecule has 1 saturated heterocycles. The van der Waals surface area contributed by atoms with E-state index in [0.717, 1.165) is 55.3 Å². The lowest BCUT2D eigenvalue weighted by molar-refractivity contribution is 0.101. The second-order valence-electron chi connectivity index (χ2n) is 11.9. The van der Waals surface area contributed by atoms with Gasteiger partial charge in [0.05, 0.1) is 11.1 Å². The third-order valence-corrected chi connectivity index (χ3v) is 7.99. The Morgan fingerprint density at radius 3 is 2.27 bits per heavy atom. The SMILES string of the molecule is Cc1cc(O)c(CN2CCN(Cc3ccc4c(c3)OCO4)CC2)c2c1C(=O)/C(=C/c1ccc(C(C)(C)C)cc1)O2. The molecule has 0 aliphatic carbocycles. The molecule has 0 aromatic heterocycles. The number of aryl methyl sites for hydroxylation is 1. The summed E-state index contributed by atoms with van der Waals surface area (Å²) < 4.78 is 17.1. The average molecular weight is 541 g/mol. The van der Waals surface area contributed by atoms with Crippen molar-refractivity contribution >= 4 is 11.9 Å². The van der Waals surface area contributed by atoms with Crippen LogP contribution in [0.5, 0.6) is 23.0 Å². The largest absolute Gasteiger partial charge is 0.507 e. The molecule has 208 valence electrons. The van der Waals surface area contributed by atoms with Crippen molar-refractivity contribution < 1.29 is 24.1 Å². The van der Waals surface area contributed by atoms with Crippen LogP contribution in [0, 0.1) is 6.92 Å². The van der Waals surface area contributed by atoms with Gasteiger partial charge >= 0.3 is 0 Å². The van der Waals surface area contributed by atoms with Gasteiger partial charge in [0.2, 0.25) is 12.6 Å². The number of ketones is 1. The van der Waals surface area contributed by atoms with Crippen LogP contribution >= 0.6 is 0 Å². The van der Waals surface area contributed by atoms with Gasteiger partial charge in [-0.15, -0.1) is 0 Å². The summed E-state index contributed by atoms with van der Waals surface area (Å²) in [7, 11) is 0. The molecule has 0 radical (unpaired) electrons. The van der Waals surface area contributed by atoms with Gasteiger partial charge in [-0.1, -0.05) is 51.1 Å². The minimum Gasteiger partial charge on any atom is -0.507 e. The Hall–Kier alpha value is -3.81. The first-order chi connectivity index (χ1) is 19.2. The van der Waals surface area contributed by atoms with E-state index < -0.39 is 0 Å². The van der Waals surface area contributed by atoms with Crippen LogP contribution in [-0.4, -0.2) is 53.7 Å². The number of ether oxygens (including phenoxy) is 3. The molecule has 6 rings (SSSR count). The Bertz CT molecular complexity index is 1480. The van der Waals surface area contributed by atoms with Crippen molar-refractivity contribution in [3.8, 4) is 23.0 Å². The molecule has 0 atom stereocenters. The maximum absolute atomic E-state index is 13.4. The number of piperazine rings is 1. The molecule has 3 aromatic carbocycles. The molecule has 1 fully saturated rings. The Morgan fingerprint density at radius 2 is 1.57 bits per heavy atom. The van der Waals surface area contributed by atoms with Crippen molar-refractivity contribution in [3.63, 3.8) is 0 Å². The summed E-state index contributed by atoms with van der Waals surface area (Å²) in [6, 6.07) is 16.0. The van der Waals surface area contributed by atoms with Crippen LogP contribution in [0.3, 0.4) is 0 Å². The minimum absolute atomic E-state index is 0.0581. The third-order valence-electron chi connectivity index (χ3n) is 7.99. The van der Waals surface area contributed by atoms with Crippen molar-refractivity contribution in [1.29, 1.82) is 0 Å². The topological polar surface area (TPSA) is 71.5 Å². The zero-order chi connectivity index (χ0) is 28.0. The van der Waals surface area contributed by atoms with E-state index >= 15 is 0 Å². The maximum Gasteiger partial charge on any atom is 0.232 e. The van der Waals surface area contributed by atoms with Crippen molar-refractivity contribution in [2.24, 2.45) is 0 Å². The number of hydrogen-bond acceptors (Lipinski definition) is 7. The van der Waals surface area contributed by atoms with Crippen molar-refractivity contribution in [1.82, 2.24) is 9.80 Å². The third kappa shape index (κ3) is 5.19. The molecule has 7 nitrogen and oxygen atoms in total. The van der Waals surface area contributed by atoms with E-state index in [2.05, 4.69) is 54.8 Å². The van der Waals surface area contributed by atoms with Crippen molar-refractivity contribution in [3.05, 3.63) is 87.7 Å². The zero-order valence-electron chi connectivity index (χ0n) is 23.6. The number of Topliss-reactive ketones (excluding diaryl/α,β-unsaturated/α-hetero) is 1. The van der Waals surface area contributed by atoms with Crippen molar-refractivity contribution in [2.45, 2.75) is 46.2 Å². The van der Waals surface area contributed by atoms with Crippen LogP contribution in [-0.2, 0) is 18.5 Å². The number of hydrogen-bond donors (Lipinski definition) is 1. The Kier molecular flexibility index (Phi) is 6.80. The van der Waals surface area contributed by atoms with E-state index in [0.29, 0.717) is 29.2 Å². The normalized spacial score (nSPS) is 18.3. The number of benzene rings is 3. The molecular weight excluding hydrogens is 504 g/mol. The number of carbonyl (C=O) groups excluding carboxylic acids is 1. The lowest BCUT2D eigenvalue weighted by atomic mass is 9.86. The van der Waals surface area contributed by atoms with Gasteiger partial charge in [-0.2, -0.15) is 0 Å². The first-order valence-electron chi connectivity index (χ1n) is 13.9. The first-order valence-corrected chi connectivity index (χ1v) is 13.9. The molecule has 0 saturated carbocycles. The number of carbonyl (C=O) groups is 1. The molecule has 7 heteroatoms. The van der Waals surface area contributed by atoms with Crippen LogP contribution in [0.15, 0.2) is 54.3 Å². The standard InChI is InChI=1S/C33H36N2O5/c1-21-15-26(36)25(19-35-13-11-34(12-14-35)18-23-7-10-27-28(17-23)39-20-38-27)32-30(21)31(37)29(40-32)16-22-5-8-24(9-6-22)33(2,3)4/h5-10,15-17,36H,11-14,18-20H2,1-4H3/b29-16-. The van der Waals surface area contributed by atoms with E-state index in [1.807, 2.05) is 25.1 Å². The average Bonchev–Trinajstić information content (AvgIpc) is 3.51. The number of nitrogens with zero attached hydrogens (tertiary/aromatic N) is 2. The van der Waals surface area contributed by atoms with E-state index in [4.69, 9.17) is 14.2 Å². The molecule has 1 N–H and O–H groups in total. The minimum atomic E-state index is -0.137. The van der Waals surface area contributed by atoms with Gasteiger partial charge in [0.15, 0.2) is 17.3 Å². The van der Waals surface area contributed by atoms with Gasteiger partial charge in [-0.25, -0.2) is 0 Å². The smallest absolute Gasteiger partial charge is 0.232 e. The van der Waals surface area contributed by atoms with E-state index in [1.54, 1.807) is 12.1 Å². The second kappa shape index (κ2) is 10.3. The summed E-state index contributed by atoms with van der Waals surface area (Å²) in [6.07, 6.45) is 1.80. The fourth-order valence-corrected chi connectivity index (χ4v) is 5.59. The molecule has 0 amide bonds. The summed E-state index contributed by atoms with van der Waals surface area (Å²) in [5.74, 6) is 2.43. The molecule has 40 heavy (non-hydrogen) atoms. The molecule has 3 aliphatic rings. The van der Waals surface area contributed by atoms with Gasteiger partial charge in [0, 0.05) is 39.3 Å². The fourth-order valence-electron chi connectivity index (χ4n) is 5.59. The number of aromatic hydroxyl groups is 1. The highest BCUT2D eigenvalue weighted by atomic mass is 16.7. The summed E-state index contributed by atoms with van der Waals surface area (Å²) >= 11 is 0. The molecule has 0 unspecified atom stereocenters. The van der Waals surface area contributed by atoms with Gasteiger partial charge in [0.25, 0.3) is 0 Å². The van der Waals surface area contributed by atoms with Crippen LogP contribution in [0.4, 0.5) is 0 Å². The Morgan fingerprint density at radius 1 is 0.900 bits per heavy atom. The quantitative estimate of drug-likeness (QED) is 0.419. The monoisotopic (exact) mass is 540 g/mol. The van der Waals surface area contributed by atoms with Crippen LogP contribution in [0.25, 0.3) is 6.08 Å². The number of rotatable bonds is 5. The highest BCUT2D eigenvalue weighted by Crippen LogP contribution is 2.42. The molecule has 0 bridgehead atoms. The summed E-state index contributed by atoms with van der Waals surface area (Å²) in [5, 5.41) is 10.9. The summed E-state index contributed by atoms with van der Waals surface area (Å²) in [6.45, 7) is 13.5. The highest BCUT2D eigenvalue weighted by molar-refractivity contribution is 6.15. The summed E-state index contributed by atoms with van der Waals surface area (Å²) in [5.41, 5.74) is 5.34. The van der Waals surface area contributed by atoms with E-state index in [9.17, 15) is 9.90 Å². The van der Waals surface area contributed by atoms with Crippen molar-refractivity contribution in [2.75, 3.05) is 33.0 Å². The van der Waals surface area contributed by atoms with Gasteiger partial charge in [-0.05, 0) is 58.9 Å². The Balaban J connectivity index is 1.14. The molecular formula is C33H36N2O5. The second-order valence-corrected chi connectivity index (χ2v) is 11.9. The van der Waals surface area contributed by atoms with Gasteiger partial charge in [-0.3, -0.25) is 14.6 Å². The Labute approximate surface area is 235 Å². The van der Waals surface area contributed by atoms with Gasteiger partial charge < -0.3 is 19.3 Å². The highest BCUT2D eigenvalue weighted by Gasteiger charge is 2.34. The van der Waals surface area contributed by atoms with Crippen LogP contribution in [0.2, 0.25) is 0 Å². The molecule has 0 spiro atoms. The lowest BCUT2D eigenvalue weighted by Crippen LogP contribution is -2.45.